The molecule has 0 aliphatic rings. The van der Waals surface area contributed by atoms with E-state index in [9.17, 15) is 9.59 Å². The van der Waals surface area contributed by atoms with E-state index in [0.29, 0.717) is 0 Å². The Morgan fingerprint density at radius 3 is 2.47 bits per heavy atom. The number of hydrogen-bond acceptors (Lipinski definition) is 3. The number of carbonyl (C=O) groups excluding carboxylic acids is 1. The molecule has 0 aliphatic heterocycles. The normalized spacial score (nSPS) is 12.3. The second-order valence-corrected chi connectivity index (χ2v) is 4.16. The molecule has 0 aliphatic carbocycles. The molecule has 0 aromatic heterocycles. The first-order chi connectivity index (χ1) is 9.02. The van der Waals surface area contributed by atoms with Crippen LogP contribution in [0.5, 0.6) is 0 Å². The number of aliphatic hydroxyl groups excluding tert-OH is 1. The molecule has 1 unspecified atom stereocenters. The van der Waals surface area contributed by atoms with Gasteiger partial charge in [-0.25, -0.2) is 4.79 Å². The van der Waals surface area contributed by atoms with Crippen LogP contribution in [-0.4, -0.2) is 34.7 Å². The summed E-state index contributed by atoms with van der Waals surface area (Å²) in [6.45, 7) is 1.67. The SMILES string of the molecule is Cc1ccc(C=CC(=O)NC(CCO)C(=O)O)cc1. The molecule has 19 heavy (non-hydrogen) atoms. The summed E-state index contributed by atoms with van der Waals surface area (Å²) < 4.78 is 0. The molecule has 1 atom stereocenters. The predicted molar refractivity (Wildman–Crippen MR) is 71.5 cm³/mol. The van der Waals surface area contributed by atoms with Gasteiger partial charge in [0, 0.05) is 19.1 Å². The van der Waals surface area contributed by atoms with Crippen molar-refractivity contribution in [1.29, 1.82) is 0 Å². The van der Waals surface area contributed by atoms with Crippen LogP contribution in [-0.2, 0) is 9.59 Å². The smallest absolute Gasteiger partial charge is 0.326 e. The van der Waals surface area contributed by atoms with E-state index in [-0.39, 0.29) is 13.0 Å². The Bertz CT molecular complexity index is 465. The van der Waals surface area contributed by atoms with E-state index in [1.807, 2.05) is 31.2 Å². The fourth-order valence-corrected chi connectivity index (χ4v) is 1.46. The fraction of sp³-hybridized carbons (Fsp3) is 0.286. The molecule has 1 rings (SSSR count). The van der Waals surface area contributed by atoms with Crippen LogP contribution in [0.15, 0.2) is 30.3 Å². The molecule has 0 saturated heterocycles. The van der Waals surface area contributed by atoms with Gasteiger partial charge in [-0.05, 0) is 18.6 Å². The van der Waals surface area contributed by atoms with Crippen molar-refractivity contribution in [3.63, 3.8) is 0 Å². The first kappa shape index (κ1) is 14.9. The van der Waals surface area contributed by atoms with Crippen molar-refractivity contribution in [3.8, 4) is 0 Å². The van der Waals surface area contributed by atoms with E-state index in [0.717, 1.165) is 11.1 Å². The number of amides is 1. The van der Waals surface area contributed by atoms with Gasteiger partial charge in [-0.15, -0.1) is 0 Å². The summed E-state index contributed by atoms with van der Waals surface area (Å²) in [6, 6.07) is 6.50. The van der Waals surface area contributed by atoms with Gasteiger partial charge in [-0.3, -0.25) is 4.79 Å². The summed E-state index contributed by atoms with van der Waals surface area (Å²) in [5, 5.41) is 19.8. The number of carboxylic acids is 1. The molecule has 0 radical (unpaired) electrons. The van der Waals surface area contributed by atoms with Gasteiger partial charge in [0.05, 0.1) is 0 Å². The Balaban J connectivity index is 2.58. The minimum atomic E-state index is -1.16. The summed E-state index contributed by atoms with van der Waals surface area (Å²) in [4.78, 5) is 22.3. The Morgan fingerprint density at radius 2 is 1.95 bits per heavy atom. The number of benzene rings is 1. The molecule has 1 aromatic rings. The van der Waals surface area contributed by atoms with E-state index >= 15 is 0 Å². The number of rotatable bonds is 6. The van der Waals surface area contributed by atoms with Crippen LogP contribution in [0.25, 0.3) is 6.08 Å². The third kappa shape index (κ3) is 5.35. The summed E-state index contributed by atoms with van der Waals surface area (Å²) in [5.74, 6) is -1.66. The van der Waals surface area contributed by atoms with Crippen molar-refractivity contribution in [2.24, 2.45) is 0 Å². The first-order valence-corrected chi connectivity index (χ1v) is 5.92. The van der Waals surface area contributed by atoms with Crippen LogP contribution in [0.3, 0.4) is 0 Å². The number of nitrogens with one attached hydrogen (secondary N) is 1. The summed E-state index contributed by atoms with van der Waals surface area (Å²) in [7, 11) is 0. The van der Waals surface area contributed by atoms with Crippen molar-refractivity contribution in [2.75, 3.05) is 6.61 Å². The van der Waals surface area contributed by atoms with Crippen LogP contribution in [0.2, 0.25) is 0 Å². The van der Waals surface area contributed by atoms with E-state index in [1.165, 1.54) is 6.08 Å². The second kappa shape index (κ2) is 7.33. The van der Waals surface area contributed by atoms with Crippen molar-refractivity contribution >= 4 is 18.0 Å². The molecule has 102 valence electrons. The number of aliphatic carboxylic acids is 1. The van der Waals surface area contributed by atoms with E-state index < -0.39 is 17.9 Å². The van der Waals surface area contributed by atoms with Gasteiger partial charge in [0.1, 0.15) is 6.04 Å². The highest BCUT2D eigenvalue weighted by atomic mass is 16.4. The van der Waals surface area contributed by atoms with Crippen molar-refractivity contribution in [1.82, 2.24) is 5.32 Å². The largest absolute Gasteiger partial charge is 0.480 e. The maximum Gasteiger partial charge on any atom is 0.326 e. The predicted octanol–water partition coefficient (Wildman–Crippen LogP) is 0.960. The standard InChI is InChI=1S/C14H17NO4/c1-10-2-4-11(5-3-10)6-7-13(17)15-12(8-9-16)14(18)19/h2-7,12,16H,8-9H2,1H3,(H,15,17)(H,18,19). The summed E-state index contributed by atoms with van der Waals surface area (Å²) >= 11 is 0. The highest BCUT2D eigenvalue weighted by Crippen LogP contribution is 2.04. The van der Waals surface area contributed by atoms with Gasteiger partial charge >= 0.3 is 5.97 Å². The molecule has 5 heteroatoms. The van der Waals surface area contributed by atoms with Crippen LogP contribution in [0.1, 0.15) is 17.5 Å². The average molecular weight is 263 g/mol. The minimum absolute atomic E-state index is 0.0144. The van der Waals surface area contributed by atoms with Crippen molar-refractivity contribution < 1.29 is 19.8 Å². The topological polar surface area (TPSA) is 86.6 Å². The third-order valence-corrected chi connectivity index (χ3v) is 2.54. The van der Waals surface area contributed by atoms with E-state index in [2.05, 4.69) is 5.32 Å². The van der Waals surface area contributed by atoms with Crippen LogP contribution < -0.4 is 5.32 Å². The zero-order valence-electron chi connectivity index (χ0n) is 10.7. The lowest BCUT2D eigenvalue weighted by Crippen LogP contribution is -2.40. The van der Waals surface area contributed by atoms with E-state index in [4.69, 9.17) is 10.2 Å². The number of carbonyl (C=O) groups is 2. The number of aryl methyl sites for hydroxylation is 1. The molecule has 0 spiro atoms. The molecule has 0 saturated carbocycles. The van der Waals surface area contributed by atoms with Gasteiger partial charge in [0.15, 0.2) is 0 Å². The summed E-state index contributed by atoms with van der Waals surface area (Å²) in [5.41, 5.74) is 1.98. The van der Waals surface area contributed by atoms with Crippen LogP contribution in [0.4, 0.5) is 0 Å². The Labute approximate surface area is 111 Å². The molecule has 3 N–H and O–H groups in total. The van der Waals surface area contributed by atoms with Crippen molar-refractivity contribution in [3.05, 3.63) is 41.5 Å². The Kier molecular flexibility index (Phi) is 5.75. The average Bonchev–Trinajstić information content (AvgIpc) is 2.37. The molecule has 1 amide bonds. The lowest BCUT2D eigenvalue weighted by atomic mass is 10.1. The van der Waals surface area contributed by atoms with Crippen LogP contribution >= 0.6 is 0 Å². The quantitative estimate of drug-likeness (QED) is 0.667. The van der Waals surface area contributed by atoms with Crippen molar-refractivity contribution in [2.45, 2.75) is 19.4 Å². The van der Waals surface area contributed by atoms with Gasteiger partial charge in [-0.1, -0.05) is 29.8 Å². The zero-order chi connectivity index (χ0) is 14.3. The molecule has 5 nitrogen and oxygen atoms in total. The zero-order valence-corrected chi connectivity index (χ0v) is 10.7. The highest BCUT2D eigenvalue weighted by molar-refractivity contribution is 5.94. The van der Waals surface area contributed by atoms with Gasteiger partial charge in [0.2, 0.25) is 5.91 Å². The highest BCUT2D eigenvalue weighted by Gasteiger charge is 2.17. The number of carboxylic acid groups (broad SMARTS) is 1. The monoisotopic (exact) mass is 263 g/mol. The van der Waals surface area contributed by atoms with Gasteiger partial charge in [-0.2, -0.15) is 0 Å². The molecule has 0 bridgehead atoms. The fourth-order valence-electron chi connectivity index (χ4n) is 1.46. The Morgan fingerprint density at radius 1 is 1.32 bits per heavy atom. The minimum Gasteiger partial charge on any atom is -0.480 e. The second-order valence-electron chi connectivity index (χ2n) is 4.16. The first-order valence-electron chi connectivity index (χ1n) is 5.92. The number of aliphatic hydroxyl groups is 1. The lowest BCUT2D eigenvalue weighted by Gasteiger charge is -2.11. The van der Waals surface area contributed by atoms with Gasteiger partial charge < -0.3 is 15.5 Å². The lowest BCUT2D eigenvalue weighted by molar-refractivity contribution is -0.141. The Hall–Kier alpha value is -2.14. The third-order valence-electron chi connectivity index (χ3n) is 2.54. The molecular formula is C14H17NO4. The maximum absolute atomic E-state index is 11.5. The van der Waals surface area contributed by atoms with Gasteiger partial charge in [0.25, 0.3) is 0 Å². The molecule has 0 heterocycles. The van der Waals surface area contributed by atoms with E-state index in [1.54, 1.807) is 6.08 Å². The molecule has 0 fully saturated rings. The summed E-state index contributed by atoms with van der Waals surface area (Å²) in [6.07, 6.45) is 2.87. The number of hydrogen-bond donors (Lipinski definition) is 3. The molecular weight excluding hydrogens is 246 g/mol. The maximum atomic E-state index is 11.5. The molecule has 1 aromatic carbocycles. The van der Waals surface area contributed by atoms with Crippen LogP contribution in [0, 0.1) is 6.92 Å².